The van der Waals surface area contributed by atoms with Crippen molar-refractivity contribution < 1.29 is 14.3 Å². The van der Waals surface area contributed by atoms with Gasteiger partial charge in [-0.2, -0.15) is 5.10 Å². The third-order valence-electron chi connectivity index (χ3n) is 2.09. The second-order valence-corrected chi connectivity index (χ2v) is 5.11. The van der Waals surface area contributed by atoms with Gasteiger partial charge in [0, 0.05) is 13.2 Å². The molecule has 6 nitrogen and oxygen atoms in total. The van der Waals surface area contributed by atoms with E-state index in [2.05, 4.69) is 10.4 Å². The number of Topliss-reactive ketones (excluding diaryl/α,β-unsaturated/α-hetero) is 1. The highest BCUT2D eigenvalue weighted by atomic mass is 16.6. The van der Waals surface area contributed by atoms with Gasteiger partial charge in [-0.3, -0.25) is 9.48 Å². The van der Waals surface area contributed by atoms with E-state index < -0.39 is 17.7 Å². The molecule has 1 rings (SSSR count). The van der Waals surface area contributed by atoms with E-state index in [0.717, 1.165) is 0 Å². The lowest BCUT2D eigenvalue weighted by Gasteiger charge is -2.21. The van der Waals surface area contributed by atoms with E-state index in [0.29, 0.717) is 5.69 Å². The molecular weight excluding hydrogens is 234 g/mol. The van der Waals surface area contributed by atoms with Crippen LogP contribution in [0, 0.1) is 0 Å². The molecule has 18 heavy (non-hydrogen) atoms. The quantitative estimate of drug-likeness (QED) is 0.829. The molecule has 1 amide bonds. The Morgan fingerprint density at radius 1 is 1.44 bits per heavy atom. The number of rotatable bonds is 3. The number of carbonyl (C=O) groups is 2. The Labute approximate surface area is 106 Å². The summed E-state index contributed by atoms with van der Waals surface area (Å²) in [5.41, 5.74) is -0.265. The largest absolute Gasteiger partial charge is 0.444 e. The second kappa shape index (κ2) is 5.20. The lowest BCUT2D eigenvalue weighted by Crippen LogP contribution is -2.41. The third-order valence-corrected chi connectivity index (χ3v) is 2.09. The SMILES string of the molecule is C[C@H](NC(=O)OC(C)(C)C)C(=O)c1ccn(C)n1. The number of nitrogens with one attached hydrogen (secondary N) is 1. The Kier molecular flexibility index (Phi) is 4.11. The zero-order chi connectivity index (χ0) is 13.9. The van der Waals surface area contributed by atoms with Crippen molar-refractivity contribution in [2.24, 2.45) is 7.05 Å². The summed E-state index contributed by atoms with van der Waals surface area (Å²) in [4.78, 5) is 23.4. The van der Waals surface area contributed by atoms with E-state index in [9.17, 15) is 9.59 Å². The molecule has 1 aromatic rings. The molecule has 0 radical (unpaired) electrons. The first-order chi connectivity index (χ1) is 8.19. The van der Waals surface area contributed by atoms with Gasteiger partial charge in [0.25, 0.3) is 0 Å². The van der Waals surface area contributed by atoms with Crippen molar-refractivity contribution >= 4 is 11.9 Å². The molecule has 0 saturated carbocycles. The van der Waals surface area contributed by atoms with E-state index in [1.807, 2.05) is 0 Å². The molecule has 0 aliphatic heterocycles. The van der Waals surface area contributed by atoms with Crippen LogP contribution < -0.4 is 5.32 Å². The predicted octanol–water partition coefficient (Wildman–Crippen LogP) is 1.52. The van der Waals surface area contributed by atoms with E-state index in [-0.39, 0.29) is 5.78 Å². The zero-order valence-corrected chi connectivity index (χ0v) is 11.4. The molecule has 0 aliphatic rings. The highest BCUT2D eigenvalue weighted by molar-refractivity contribution is 5.99. The molecular formula is C12H19N3O3. The molecule has 1 heterocycles. The van der Waals surface area contributed by atoms with Crippen LogP contribution in [0.2, 0.25) is 0 Å². The van der Waals surface area contributed by atoms with Crippen molar-refractivity contribution in [1.82, 2.24) is 15.1 Å². The lowest BCUT2D eigenvalue weighted by atomic mass is 10.1. The number of hydrogen-bond donors (Lipinski definition) is 1. The maximum absolute atomic E-state index is 11.9. The number of aryl methyl sites for hydroxylation is 1. The summed E-state index contributed by atoms with van der Waals surface area (Å²) in [6.45, 7) is 6.88. The Bertz CT molecular complexity index is 446. The van der Waals surface area contributed by atoms with Crippen molar-refractivity contribution in [1.29, 1.82) is 0 Å². The Morgan fingerprint density at radius 3 is 2.50 bits per heavy atom. The summed E-state index contributed by atoms with van der Waals surface area (Å²) < 4.78 is 6.61. The average Bonchev–Trinajstić information content (AvgIpc) is 2.60. The van der Waals surface area contributed by atoms with Gasteiger partial charge in [0.15, 0.2) is 0 Å². The van der Waals surface area contributed by atoms with Gasteiger partial charge in [-0.25, -0.2) is 4.79 Å². The summed E-state index contributed by atoms with van der Waals surface area (Å²) in [6, 6.07) is 0.935. The molecule has 0 saturated heterocycles. The first-order valence-electron chi connectivity index (χ1n) is 5.72. The normalized spacial score (nSPS) is 12.9. The minimum atomic E-state index is -0.672. The number of ketones is 1. The molecule has 0 aliphatic carbocycles. The van der Waals surface area contributed by atoms with Crippen LogP contribution in [-0.4, -0.2) is 33.3 Å². The van der Waals surface area contributed by atoms with Crippen LogP contribution in [0.25, 0.3) is 0 Å². The zero-order valence-electron chi connectivity index (χ0n) is 11.4. The number of carbonyl (C=O) groups excluding carboxylic acids is 2. The second-order valence-electron chi connectivity index (χ2n) is 5.11. The van der Waals surface area contributed by atoms with Crippen LogP contribution in [0.4, 0.5) is 4.79 Å². The van der Waals surface area contributed by atoms with Crippen LogP contribution in [-0.2, 0) is 11.8 Å². The number of amides is 1. The molecule has 0 bridgehead atoms. The number of alkyl carbamates (subject to hydrolysis) is 1. The first-order valence-corrected chi connectivity index (χ1v) is 5.72. The van der Waals surface area contributed by atoms with Crippen molar-refractivity contribution in [3.05, 3.63) is 18.0 Å². The maximum Gasteiger partial charge on any atom is 0.408 e. The third kappa shape index (κ3) is 4.20. The van der Waals surface area contributed by atoms with Crippen molar-refractivity contribution in [2.75, 3.05) is 0 Å². The van der Waals surface area contributed by atoms with Gasteiger partial charge < -0.3 is 10.1 Å². The number of nitrogens with zero attached hydrogens (tertiary/aromatic N) is 2. The standard InChI is InChI=1S/C12H19N3O3/c1-8(13-11(17)18-12(2,3)4)10(16)9-6-7-15(5)14-9/h6-8H,1-5H3,(H,13,17)/t8-/m0/s1. The van der Waals surface area contributed by atoms with Crippen LogP contribution in [0.1, 0.15) is 38.2 Å². The van der Waals surface area contributed by atoms with E-state index >= 15 is 0 Å². The van der Waals surface area contributed by atoms with Gasteiger partial charge in [-0.05, 0) is 33.8 Å². The Hall–Kier alpha value is -1.85. The molecule has 100 valence electrons. The molecule has 1 aromatic heterocycles. The Balaban J connectivity index is 2.58. The van der Waals surface area contributed by atoms with Gasteiger partial charge in [-0.1, -0.05) is 0 Å². The molecule has 1 N–H and O–H groups in total. The van der Waals surface area contributed by atoms with Crippen LogP contribution in [0.3, 0.4) is 0 Å². The molecule has 0 fully saturated rings. The van der Waals surface area contributed by atoms with Gasteiger partial charge >= 0.3 is 6.09 Å². The van der Waals surface area contributed by atoms with Crippen molar-refractivity contribution in [3.63, 3.8) is 0 Å². The number of hydrogen-bond acceptors (Lipinski definition) is 4. The minimum absolute atomic E-state index is 0.249. The fourth-order valence-corrected chi connectivity index (χ4v) is 1.32. The fraction of sp³-hybridized carbons (Fsp3) is 0.583. The molecule has 0 aromatic carbocycles. The minimum Gasteiger partial charge on any atom is -0.444 e. The van der Waals surface area contributed by atoms with Crippen LogP contribution in [0.5, 0.6) is 0 Å². The summed E-state index contributed by atoms with van der Waals surface area (Å²) in [7, 11) is 1.72. The average molecular weight is 253 g/mol. The van der Waals surface area contributed by atoms with E-state index in [1.54, 1.807) is 47.0 Å². The highest BCUT2D eigenvalue weighted by Gasteiger charge is 2.22. The molecule has 0 spiro atoms. The van der Waals surface area contributed by atoms with Crippen molar-refractivity contribution in [2.45, 2.75) is 39.3 Å². The number of aromatic nitrogens is 2. The van der Waals surface area contributed by atoms with Crippen LogP contribution in [0.15, 0.2) is 12.3 Å². The van der Waals surface area contributed by atoms with E-state index in [4.69, 9.17) is 4.74 Å². The predicted molar refractivity (Wildman–Crippen MR) is 66.4 cm³/mol. The molecule has 0 unspecified atom stereocenters. The fourth-order valence-electron chi connectivity index (χ4n) is 1.32. The summed E-state index contributed by atoms with van der Waals surface area (Å²) in [5.74, 6) is -0.249. The molecule has 1 atom stereocenters. The highest BCUT2D eigenvalue weighted by Crippen LogP contribution is 2.07. The van der Waals surface area contributed by atoms with Crippen LogP contribution >= 0.6 is 0 Å². The van der Waals surface area contributed by atoms with E-state index in [1.165, 1.54) is 4.68 Å². The summed E-state index contributed by atoms with van der Waals surface area (Å²) in [5, 5.41) is 6.47. The number of ether oxygens (including phenoxy) is 1. The topological polar surface area (TPSA) is 73.2 Å². The lowest BCUT2D eigenvalue weighted by molar-refractivity contribution is 0.0496. The summed E-state index contributed by atoms with van der Waals surface area (Å²) in [6.07, 6.45) is 1.06. The van der Waals surface area contributed by atoms with Gasteiger partial charge in [0.05, 0.1) is 6.04 Å². The Morgan fingerprint density at radius 2 is 2.06 bits per heavy atom. The van der Waals surface area contributed by atoms with Crippen molar-refractivity contribution in [3.8, 4) is 0 Å². The first kappa shape index (κ1) is 14.2. The smallest absolute Gasteiger partial charge is 0.408 e. The molecule has 6 heteroatoms. The van der Waals surface area contributed by atoms with Gasteiger partial charge in [0.2, 0.25) is 5.78 Å². The summed E-state index contributed by atoms with van der Waals surface area (Å²) >= 11 is 0. The van der Waals surface area contributed by atoms with Gasteiger partial charge in [0.1, 0.15) is 11.3 Å². The monoisotopic (exact) mass is 253 g/mol. The van der Waals surface area contributed by atoms with Gasteiger partial charge in [-0.15, -0.1) is 0 Å². The maximum atomic E-state index is 11.9.